The number of hydrogen-bond acceptors (Lipinski definition) is 4. The summed E-state index contributed by atoms with van der Waals surface area (Å²) in [5, 5.41) is 19.2. The van der Waals surface area contributed by atoms with E-state index in [9.17, 15) is 14.7 Å². The SMILES string of the molecule is CC(C(=O)CO)C(O)c1ccc(/C=C2/C(=O)C3(C)CCC2C3(C)C)cc1. The zero-order valence-corrected chi connectivity index (χ0v) is 16.0. The lowest BCUT2D eigenvalue weighted by molar-refractivity contribution is -0.128. The summed E-state index contributed by atoms with van der Waals surface area (Å²) >= 11 is 0. The second-order valence-corrected chi connectivity index (χ2v) is 8.60. The van der Waals surface area contributed by atoms with Gasteiger partial charge in [0, 0.05) is 11.3 Å². The summed E-state index contributed by atoms with van der Waals surface area (Å²) in [4.78, 5) is 24.5. The number of rotatable bonds is 5. The number of hydrogen-bond donors (Lipinski definition) is 2. The molecule has 26 heavy (non-hydrogen) atoms. The zero-order valence-electron chi connectivity index (χ0n) is 16.0. The maximum Gasteiger partial charge on any atom is 0.165 e. The van der Waals surface area contributed by atoms with Crippen LogP contribution in [-0.2, 0) is 9.59 Å². The molecule has 4 atom stereocenters. The number of benzene rings is 1. The molecule has 2 N–H and O–H groups in total. The Labute approximate surface area is 154 Å². The van der Waals surface area contributed by atoms with Crippen LogP contribution in [-0.4, -0.2) is 28.4 Å². The van der Waals surface area contributed by atoms with E-state index in [0.29, 0.717) is 11.5 Å². The summed E-state index contributed by atoms with van der Waals surface area (Å²) in [6, 6.07) is 7.30. The first-order valence-electron chi connectivity index (χ1n) is 9.31. The van der Waals surface area contributed by atoms with E-state index in [-0.39, 0.29) is 22.4 Å². The minimum absolute atomic E-state index is 0.00780. The Morgan fingerprint density at radius 3 is 2.38 bits per heavy atom. The molecule has 2 saturated carbocycles. The fraction of sp³-hybridized carbons (Fsp3) is 0.545. The van der Waals surface area contributed by atoms with Crippen molar-refractivity contribution in [2.24, 2.45) is 22.7 Å². The molecule has 4 unspecified atom stereocenters. The molecular formula is C22H28O4. The molecule has 0 heterocycles. The number of Topliss-reactive ketones (excluding diaryl/α,β-unsaturated/α-hetero) is 2. The number of allylic oxidation sites excluding steroid dienone is 1. The molecule has 0 saturated heterocycles. The molecular weight excluding hydrogens is 328 g/mol. The van der Waals surface area contributed by atoms with Crippen molar-refractivity contribution in [3.63, 3.8) is 0 Å². The lowest BCUT2D eigenvalue weighted by Crippen LogP contribution is -2.32. The number of carbonyl (C=O) groups is 2. The van der Waals surface area contributed by atoms with Gasteiger partial charge < -0.3 is 10.2 Å². The Kier molecular flexibility index (Phi) is 4.70. The van der Waals surface area contributed by atoms with Crippen LogP contribution in [0.1, 0.15) is 57.8 Å². The second kappa shape index (κ2) is 6.43. The first-order valence-corrected chi connectivity index (χ1v) is 9.31. The topological polar surface area (TPSA) is 74.6 Å². The molecule has 0 amide bonds. The fourth-order valence-electron chi connectivity index (χ4n) is 4.67. The Hall–Kier alpha value is -1.78. The molecule has 0 aromatic heterocycles. The molecule has 1 aromatic rings. The van der Waals surface area contributed by atoms with Crippen molar-refractivity contribution in [3.05, 3.63) is 41.0 Å². The van der Waals surface area contributed by atoms with E-state index in [2.05, 4.69) is 20.8 Å². The fourth-order valence-corrected chi connectivity index (χ4v) is 4.67. The van der Waals surface area contributed by atoms with E-state index >= 15 is 0 Å². The van der Waals surface area contributed by atoms with Crippen molar-refractivity contribution in [2.75, 3.05) is 6.61 Å². The second-order valence-electron chi connectivity index (χ2n) is 8.60. The first kappa shape index (κ1) is 19.0. The smallest absolute Gasteiger partial charge is 0.165 e. The molecule has 3 rings (SSSR count). The van der Waals surface area contributed by atoms with E-state index in [1.165, 1.54) is 0 Å². The van der Waals surface area contributed by atoms with Crippen LogP contribution in [0.15, 0.2) is 29.8 Å². The Morgan fingerprint density at radius 1 is 1.27 bits per heavy atom. The van der Waals surface area contributed by atoms with Crippen LogP contribution in [0.5, 0.6) is 0 Å². The standard InChI is InChI=1S/C22H28O4/c1-13(18(24)12-23)19(25)15-7-5-14(6-8-15)11-16-17-9-10-22(4,20(16)26)21(17,2)3/h5-8,11,13,17,19,23,25H,9-10,12H2,1-4H3/b16-11+. The van der Waals surface area contributed by atoms with Gasteiger partial charge in [-0.25, -0.2) is 0 Å². The Balaban J connectivity index is 1.84. The third-order valence-electron chi connectivity index (χ3n) is 7.10. The predicted octanol–water partition coefficient (Wildman–Crippen LogP) is 3.33. The molecule has 4 nitrogen and oxygen atoms in total. The number of aliphatic hydroxyl groups is 2. The van der Waals surface area contributed by atoms with Gasteiger partial charge in [0.25, 0.3) is 0 Å². The van der Waals surface area contributed by atoms with Crippen molar-refractivity contribution in [1.29, 1.82) is 0 Å². The highest BCUT2D eigenvalue weighted by Crippen LogP contribution is 2.65. The van der Waals surface area contributed by atoms with Crippen LogP contribution < -0.4 is 0 Å². The molecule has 4 heteroatoms. The van der Waals surface area contributed by atoms with Gasteiger partial charge in [-0.2, -0.15) is 0 Å². The van der Waals surface area contributed by atoms with Crippen LogP contribution >= 0.6 is 0 Å². The van der Waals surface area contributed by atoms with Crippen LogP contribution in [0.25, 0.3) is 6.08 Å². The van der Waals surface area contributed by atoms with E-state index in [1.54, 1.807) is 19.1 Å². The number of carbonyl (C=O) groups excluding carboxylic acids is 2. The lowest BCUT2D eigenvalue weighted by Gasteiger charge is -2.31. The highest BCUT2D eigenvalue weighted by Gasteiger charge is 2.63. The molecule has 0 aliphatic heterocycles. The predicted molar refractivity (Wildman–Crippen MR) is 100 cm³/mol. The van der Waals surface area contributed by atoms with Gasteiger partial charge in [0.2, 0.25) is 0 Å². The summed E-state index contributed by atoms with van der Waals surface area (Å²) in [7, 11) is 0. The monoisotopic (exact) mass is 356 g/mol. The van der Waals surface area contributed by atoms with Crippen molar-refractivity contribution in [1.82, 2.24) is 0 Å². The first-order chi connectivity index (χ1) is 12.1. The Bertz CT molecular complexity index is 759. The summed E-state index contributed by atoms with van der Waals surface area (Å²) in [5.74, 6) is -0.471. The third kappa shape index (κ3) is 2.67. The summed E-state index contributed by atoms with van der Waals surface area (Å²) < 4.78 is 0. The van der Waals surface area contributed by atoms with Crippen molar-refractivity contribution < 1.29 is 19.8 Å². The van der Waals surface area contributed by atoms with Gasteiger partial charge in [-0.05, 0) is 47.0 Å². The minimum atomic E-state index is -0.946. The molecule has 2 aliphatic rings. The molecule has 1 aromatic carbocycles. The van der Waals surface area contributed by atoms with Crippen LogP contribution in [0.2, 0.25) is 0 Å². The van der Waals surface area contributed by atoms with Crippen LogP contribution in [0.4, 0.5) is 0 Å². The summed E-state index contributed by atoms with van der Waals surface area (Å²) in [5.41, 5.74) is 2.21. The van der Waals surface area contributed by atoms with E-state index in [1.807, 2.05) is 18.2 Å². The molecule has 2 aliphatic carbocycles. The van der Waals surface area contributed by atoms with Gasteiger partial charge >= 0.3 is 0 Å². The van der Waals surface area contributed by atoms with Gasteiger partial charge in [0.15, 0.2) is 11.6 Å². The van der Waals surface area contributed by atoms with E-state index < -0.39 is 18.6 Å². The molecule has 2 bridgehead atoms. The van der Waals surface area contributed by atoms with Crippen molar-refractivity contribution in [3.8, 4) is 0 Å². The van der Waals surface area contributed by atoms with Gasteiger partial charge in [-0.1, -0.05) is 52.0 Å². The third-order valence-corrected chi connectivity index (χ3v) is 7.10. The number of ketones is 2. The molecule has 0 spiro atoms. The van der Waals surface area contributed by atoms with Crippen molar-refractivity contribution in [2.45, 2.75) is 46.6 Å². The van der Waals surface area contributed by atoms with Gasteiger partial charge in [-0.3, -0.25) is 9.59 Å². The summed E-state index contributed by atoms with van der Waals surface area (Å²) in [6.07, 6.45) is 3.05. The van der Waals surface area contributed by atoms with Gasteiger partial charge in [0.1, 0.15) is 6.61 Å². The van der Waals surface area contributed by atoms with Crippen LogP contribution in [0, 0.1) is 22.7 Å². The molecule has 2 fully saturated rings. The number of fused-ring (bicyclic) bond motifs is 2. The van der Waals surface area contributed by atoms with E-state index in [0.717, 1.165) is 24.0 Å². The van der Waals surface area contributed by atoms with Gasteiger partial charge in [0.05, 0.1) is 6.10 Å². The van der Waals surface area contributed by atoms with E-state index in [4.69, 9.17) is 5.11 Å². The van der Waals surface area contributed by atoms with Crippen LogP contribution in [0.3, 0.4) is 0 Å². The molecule has 0 radical (unpaired) electrons. The lowest BCUT2D eigenvalue weighted by atomic mass is 9.70. The largest absolute Gasteiger partial charge is 0.389 e. The average molecular weight is 356 g/mol. The highest BCUT2D eigenvalue weighted by atomic mass is 16.3. The number of aliphatic hydroxyl groups excluding tert-OH is 2. The average Bonchev–Trinajstić information content (AvgIpc) is 2.94. The Morgan fingerprint density at radius 2 is 1.88 bits per heavy atom. The normalized spacial score (nSPS) is 30.6. The summed E-state index contributed by atoms with van der Waals surface area (Å²) in [6.45, 7) is 7.52. The molecule has 140 valence electrons. The quantitative estimate of drug-likeness (QED) is 0.794. The maximum absolute atomic E-state index is 12.9. The maximum atomic E-state index is 12.9. The highest BCUT2D eigenvalue weighted by molar-refractivity contribution is 6.07. The van der Waals surface area contributed by atoms with Gasteiger partial charge in [-0.15, -0.1) is 0 Å². The zero-order chi connectivity index (χ0) is 19.3. The minimum Gasteiger partial charge on any atom is -0.389 e. The van der Waals surface area contributed by atoms with Crippen molar-refractivity contribution >= 4 is 17.6 Å².